The van der Waals surface area contributed by atoms with Gasteiger partial charge in [-0.2, -0.15) is 5.10 Å². The van der Waals surface area contributed by atoms with Crippen molar-refractivity contribution in [2.45, 2.75) is 26.7 Å². The molecule has 0 radical (unpaired) electrons. The molecule has 0 aromatic carbocycles. The van der Waals surface area contributed by atoms with E-state index in [1.807, 2.05) is 37.0 Å². The van der Waals surface area contributed by atoms with Gasteiger partial charge in [0.1, 0.15) is 5.82 Å². The Hall–Kier alpha value is -1.84. The van der Waals surface area contributed by atoms with Crippen LogP contribution in [0.25, 0.3) is 11.1 Å². The fraction of sp³-hybridized carbons (Fsp3) is 0.385. The van der Waals surface area contributed by atoms with E-state index in [0.29, 0.717) is 5.82 Å². The summed E-state index contributed by atoms with van der Waals surface area (Å²) in [5.41, 5.74) is 10.0. The predicted octanol–water partition coefficient (Wildman–Crippen LogP) is 2.33. The summed E-state index contributed by atoms with van der Waals surface area (Å²) in [7, 11) is 1.95. The van der Waals surface area contributed by atoms with Crippen LogP contribution in [0.4, 0.5) is 5.82 Å². The zero-order chi connectivity index (χ0) is 12.4. The predicted molar refractivity (Wildman–Crippen MR) is 69.6 cm³/mol. The van der Waals surface area contributed by atoms with Crippen LogP contribution in [0.5, 0.6) is 0 Å². The number of pyridine rings is 1. The highest BCUT2D eigenvalue weighted by molar-refractivity contribution is 5.68. The molecule has 2 N–H and O–H groups in total. The third-order valence-corrected chi connectivity index (χ3v) is 2.79. The maximum Gasteiger partial charge on any atom is 0.123 e. The lowest BCUT2D eigenvalue weighted by Crippen LogP contribution is -1.95. The Morgan fingerprint density at radius 1 is 1.29 bits per heavy atom. The summed E-state index contributed by atoms with van der Waals surface area (Å²) in [5.74, 6) is 0.562. The largest absolute Gasteiger partial charge is 0.384 e. The first-order valence-electron chi connectivity index (χ1n) is 5.87. The van der Waals surface area contributed by atoms with Gasteiger partial charge in [-0.05, 0) is 25.5 Å². The highest BCUT2D eigenvalue weighted by atomic mass is 15.2. The topological polar surface area (TPSA) is 56.7 Å². The van der Waals surface area contributed by atoms with Crippen LogP contribution < -0.4 is 5.73 Å². The third kappa shape index (κ3) is 2.30. The lowest BCUT2D eigenvalue weighted by molar-refractivity contribution is 0.733. The normalized spacial score (nSPS) is 10.8. The van der Waals surface area contributed by atoms with Gasteiger partial charge in [-0.1, -0.05) is 13.3 Å². The van der Waals surface area contributed by atoms with E-state index in [0.717, 1.165) is 29.8 Å². The summed E-state index contributed by atoms with van der Waals surface area (Å²) in [6, 6.07) is 3.86. The van der Waals surface area contributed by atoms with Crippen molar-refractivity contribution in [1.29, 1.82) is 0 Å². The lowest BCUT2D eigenvalue weighted by Gasteiger charge is -2.05. The highest BCUT2D eigenvalue weighted by Gasteiger charge is 2.12. The second-order valence-corrected chi connectivity index (χ2v) is 4.28. The Labute approximate surface area is 101 Å². The maximum atomic E-state index is 5.68. The van der Waals surface area contributed by atoms with Crippen LogP contribution in [0.15, 0.2) is 18.3 Å². The summed E-state index contributed by atoms with van der Waals surface area (Å²) in [5, 5.41) is 4.50. The first-order chi connectivity index (χ1) is 8.11. The summed E-state index contributed by atoms with van der Waals surface area (Å²) in [4.78, 5) is 4.30. The van der Waals surface area contributed by atoms with E-state index in [2.05, 4.69) is 17.0 Å². The van der Waals surface area contributed by atoms with Crippen molar-refractivity contribution in [1.82, 2.24) is 14.8 Å². The third-order valence-electron chi connectivity index (χ3n) is 2.79. The number of nitrogen functional groups attached to an aromatic ring is 1. The van der Waals surface area contributed by atoms with Crippen LogP contribution in [0, 0.1) is 6.92 Å². The van der Waals surface area contributed by atoms with Gasteiger partial charge in [-0.15, -0.1) is 0 Å². The number of hydrogen-bond acceptors (Lipinski definition) is 3. The number of aromatic nitrogens is 3. The molecule has 2 rings (SSSR count). The van der Waals surface area contributed by atoms with Gasteiger partial charge in [0.2, 0.25) is 0 Å². The van der Waals surface area contributed by atoms with Gasteiger partial charge in [0.15, 0.2) is 0 Å². The number of anilines is 1. The molecule has 90 valence electrons. The van der Waals surface area contributed by atoms with Crippen molar-refractivity contribution in [2.24, 2.45) is 7.05 Å². The quantitative estimate of drug-likeness (QED) is 0.880. The zero-order valence-corrected chi connectivity index (χ0v) is 10.6. The van der Waals surface area contributed by atoms with Gasteiger partial charge in [0, 0.05) is 30.1 Å². The molecule has 0 fully saturated rings. The van der Waals surface area contributed by atoms with Crippen LogP contribution in [0.3, 0.4) is 0 Å². The number of aryl methyl sites for hydroxylation is 3. The smallest absolute Gasteiger partial charge is 0.123 e. The monoisotopic (exact) mass is 230 g/mol. The van der Waals surface area contributed by atoms with Crippen LogP contribution in [-0.2, 0) is 13.5 Å². The first kappa shape index (κ1) is 11.6. The molecule has 0 atom stereocenters. The molecule has 4 heteroatoms. The van der Waals surface area contributed by atoms with E-state index in [9.17, 15) is 0 Å². The van der Waals surface area contributed by atoms with E-state index in [4.69, 9.17) is 5.73 Å². The van der Waals surface area contributed by atoms with Crippen LogP contribution in [-0.4, -0.2) is 14.8 Å². The minimum absolute atomic E-state index is 0.562. The van der Waals surface area contributed by atoms with Crippen LogP contribution in [0.1, 0.15) is 24.7 Å². The molecule has 0 saturated heterocycles. The minimum Gasteiger partial charge on any atom is -0.384 e. The van der Waals surface area contributed by atoms with Crippen molar-refractivity contribution >= 4 is 5.82 Å². The molecule has 0 amide bonds. The summed E-state index contributed by atoms with van der Waals surface area (Å²) in [6.45, 7) is 4.14. The molecule has 0 aliphatic rings. The molecule has 2 aromatic heterocycles. The average molecular weight is 230 g/mol. The van der Waals surface area contributed by atoms with Gasteiger partial charge in [0.05, 0.1) is 5.69 Å². The Morgan fingerprint density at radius 3 is 2.71 bits per heavy atom. The Bertz CT molecular complexity index is 528. The molecule has 2 heterocycles. The number of nitrogens with two attached hydrogens (primary N) is 1. The molecular weight excluding hydrogens is 212 g/mol. The summed E-state index contributed by atoms with van der Waals surface area (Å²) >= 11 is 0. The van der Waals surface area contributed by atoms with Gasteiger partial charge >= 0.3 is 0 Å². The molecule has 0 unspecified atom stereocenters. The second kappa shape index (κ2) is 4.57. The molecule has 0 bridgehead atoms. The van der Waals surface area contributed by atoms with Crippen molar-refractivity contribution in [3.05, 3.63) is 29.7 Å². The van der Waals surface area contributed by atoms with Gasteiger partial charge in [0.25, 0.3) is 0 Å². The van der Waals surface area contributed by atoms with Gasteiger partial charge < -0.3 is 5.73 Å². The first-order valence-corrected chi connectivity index (χ1v) is 5.87. The van der Waals surface area contributed by atoms with E-state index in [-0.39, 0.29) is 0 Å². The molecule has 0 saturated carbocycles. The number of rotatable bonds is 3. The fourth-order valence-corrected chi connectivity index (χ4v) is 2.05. The Morgan fingerprint density at radius 2 is 2.06 bits per heavy atom. The molecule has 17 heavy (non-hydrogen) atoms. The SMILES string of the molecule is CCCc1nn(C)cc1-c1ccc(N)nc1C. The summed E-state index contributed by atoms with van der Waals surface area (Å²) in [6.07, 6.45) is 4.12. The van der Waals surface area contributed by atoms with E-state index >= 15 is 0 Å². The number of nitrogens with zero attached hydrogens (tertiary/aromatic N) is 3. The average Bonchev–Trinajstić information content (AvgIpc) is 2.60. The van der Waals surface area contributed by atoms with E-state index in [1.54, 1.807) is 0 Å². The van der Waals surface area contributed by atoms with Crippen molar-refractivity contribution in [3.8, 4) is 11.1 Å². The molecular formula is C13H18N4. The number of hydrogen-bond donors (Lipinski definition) is 1. The maximum absolute atomic E-state index is 5.68. The van der Waals surface area contributed by atoms with Crippen molar-refractivity contribution in [3.63, 3.8) is 0 Å². The molecule has 4 nitrogen and oxygen atoms in total. The fourth-order valence-electron chi connectivity index (χ4n) is 2.05. The van der Waals surface area contributed by atoms with Crippen molar-refractivity contribution < 1.29 is 0 Å². The summed E-state index contributed by atoms with van der Waals surface area (Å²) < 4.78 is 1.86. The standard InChI is InChI=1S/C13H18N4/c1-4-5-12-11(8-17(3)16-12)10-6-7-13(14)15-9(10)2/h6-8H,4-5H2,1-3H3,(H2,14,15). The Kier molecular flexibility index (Phi) is 3.13. The van der Waals surface area contributed by atoms with Crippen molar-refractivity contribution in [2.75, 3.05) is 5.73 Å². The zero-order valence-electron chi connectivity index (χ0n) is 10.6. The van der Waals surface area contributed by atoms with Crippen LogP contribution >= 0.6 is 0 Å². The minimum atomic E-state index is 0.562. The van der Waals surface area contributed by atoms with Gasteiger partial charge in [-0.25, -0.2) is 4.98 Å². The molecule has 0 aliphatic heterocycles. The second-order valence-electron chi connectivity index (χ2n) is 4.28. The van der Waals surface area contributed by atoms with Gasteiger partial charge in [-0.3, -0.25) is 4.68 Å². The molecule has 0 aliphatic carbocycles. The van der Waals surface area contributed by atoms with E-state index in [1.165, 1.54) is 5.56 Å². The Balaban J connectivity index is 2.51. The van der Waals surface area contributed by atoms with Crippen LogP contribution in [0.2, 0.25) is 0 Å². The lowest BCUT2D eigenvalue weighted by atomic mass is 10.0. The molecule has 0 spiro atoms. The highest BCUT2D eigenvalue weighted by Crippen LogP contribution is 2.26. The van der Waals surface area contributed by atoms with E-state index < -0.39 is 0 Å². The molecule has 2 aromatic rings.